The molecule has 0 saturated carbocycles. The molecule has 0 unspecified atom stereocenters. The molecule has 3 rings (SSSR count). The van der Waals surface area contributed by atoms with Gasteiger partial charge in [0.15, 0.2) is 6.61 Å². The summed E-state index contributed by atoms with van der Waals surface area (Å²) in [6.45, 7) is 6.00. The Morgan fingerprint density at radius 3 is 1.97 bits per heavy atom. The number of hydrogen-bond acceptors (Lipinski definition) is 5. The Bertz CT molecular complexity index is 1260. The number of esters is 1. The summed E-state index contributed by atoms with van der Waals surface area (Å²) >= 11 is 9.25. The molecule has 0 heterocycles. The summed E-state index contributed by atoms with van der Waals surface area (Å²) in [4.78, 5) is 36.1. The highest BCUT2D eigenvalue weighted by Gasteiger charge is 2.14. The van der Waals surface area contributed by atoms with E-state index in [1.165, 1.54) is 5.56 Å². The zero-order chi connectivity index (χ0) is 27.0. The molecule has 0 aromatic heterocycles. The minimum Gasteiger partial charge on any atom is -0.457 e. The number of hydrogen-bond donors (Lipinski definition) is 2. The third-order valence-electron chi connectivity index (χ3n) is 5.22. The first-order valence-electron chi connectivity index (χ1n) is 11.6. The summed E-state index contributed by atoms with van der Waals surface area (Å²) in [5, 5.41) is 5.74. The van der Waals surface area contributed by atoms with Gasteiger partial charge in [-0.3, -0.25) is 14.4 Å². The second-order valence-corrected chi connectivity index (χ2v) is 10.5. The number of carbonyl (C=O) groups excluding carboxylic acids is 3. The highest BCUT2D eigenvalue weighted by molar-refractivity contribution is 9.10. The predicted molar refractivity (Wildman–Crippen MR) is 148 cm³/mol. The van der Waals surface area contributed by atoms with Crippen molar-refractivity contribution in [2.45, 2.75) is 39.0 Å². The van der Waals surface area contributed by atoms with Crippen LogP contribution in [0.3, 0.4) is 0 Å². The second-order valence-electron chi connectivity index (χ2n) is 9.29. The molecular formula is C28H28BrClN2O5. The van der Waals surface area contributed by atoms with Crippen LogP contribution in [-0.2, 0) is 24.5 Å². The van der Waals surface area contributed by atoms with Crippen LogP contribution in [0, 0.1) is 0 Å². The van der Waals surface area contributed by atoms with Crippen LogP contribution in [0.1, 0.15) is 39.2 Å². The third-order valence-corrected chi connectivity index (χ3v) is 6.45. The average molecular weight is 588 g/mol. The van der Waals surface area contributed by atoms with Crippen LogP contribution in [0.2, 0.25) is 5.02 Å². The molecule has 0 atom stereocenters. The summed E-state index contributed by atoms with van der Waals surface area (Å²) in [5.74, 6) is -0.159. The zero-order valence-corrected chi connectivity index (χ0v) is 23.1. The number of benzene rings is 3. The summed E-state index contributed by atoms with van der Waals surface area (Å²) in [6.07, 6.45) is -0.240. The lowest BCUT2D eigenvalue weighted by Gasteiger charge is -2.19. The van der Waals surface area contributed by atoms with Gasteiger partial charge in [-0.15, -0.1) is 0 Å². The maximum Gasteiger partial charge on any atom is 0.306 e. The molecule has 7 nitrogen and oxygen atoms in total. The van der Waals surface area contributed by atoms with Gasteiger partial charge < -0.3 is 20.1 Å². The van der Waals surface area contributed by atoms with Crippen molar-refractivity contribution < 1.29 is 23.9 Å². The number of amides is 2. The number of rotatable bonds is 9. The van der Waals surface area contributed by atoms with Gasteiger partial charge in [-0.1, -0.05) is 44.5 Å². The van der Waals surface area contributed by atoms with Crippen molar-refractivity contribution in [2.75, 3.05) is 17.2 Å². The van der Waals surface area contributed by atoms with Gasteiger partial charge in [0.2, 0.25) is 5.91 Å². The van der Waals surface area contributed by atoms with E-state index >= 15 is 0 Å². The van der Waals surface area contributed by atoms with Crippen LogP contribution >= 0.6 is 27.5 Å². The van der Waals surface area contributed by atoms with Crippen molar-refractivity contribution >= 4 is 56.7 Å². The topological polar surface area (TPSA) is 93.7 Å². The maximum absolute atomic E-state index is 12.2. The monoisotopic (exact) mass is 586 g/mol. The molecule has 37 heavy (non-hydrogen) atoms. The SMILES string of the molecule is CC(C)(C)c1ccc(Oc2ccc(NC(=O)CCC(=O)OCC(=O)Nc3ccc(Br)c(Cl)c3)cc2)cc1. The molecule has 3 aromatic rings. The number of carbonyl (C=O) groups is 3. The van der Waals surface area contributed by atoms with Crippen molar-refractivity contribution in [3.63, 3.8) is 0 Å². The van der Waals surface area contributed by atoms with Gasteiger partial charge >= 0.3 is 5.97 Å². The fraction of sp³-hybridized carbons (Fsp3) is 0.250. The minimum absolute atomic E-state index is 0.0688. The number of anilines is 2. The molecule has 0 spiro atoms. The van der Waals surface area contributed by atoms with Crippen molar-refractivity contribution in [3.05, 3.63) is 81.8 Å². The smallest absolute Gasteiger partial charge is 0.306 e. The first-order chi connectivity index (χ1) is 17.5. The Hall–Kier alpha value is -3.36. The molecule has 0 aliphatic carbocycles. The molecular weight excluding hydrogens is 560 g/mol. The molecule has 9 heteroatoms. The Labute approximate surface area is 229 Å². The summed E-state index contributed by atoms with van der Waals surface area (Å²) < 4.78 is 11.5. The summed E-state index contributed by atoms with van der Waals surface area (Å²) in [6, 6.07) is 19.8. The molecule has 2 amide bonds. The highest BCUT2D eigenvalue weighted by Crippen LogP contribution is 2.28. The van der Waals surface area contributed by atoms with E-state index in [1.807, 2.05) is 24.3 Å². The first-order valence-corrected chi connectivity index (χ1v) is 12.8. The molecule has 0 radical (unpaired) electrons. The Kier molecular flexibility index (Phi) is 9.72. The molecule has 194 valence electrons. The largest absolute Gasteiger partial charge is 0.457 e. The lowest BCUT2D eigenvalue weighted by molar-refractivity contribution is -0.147. The quantitative estimate of drug-likeness (QED) is 0.261. The fourth-order valence-electron chi connectivity index (χ4n) is 3.19. The van der Waals surface area contributed by atoms with Gasteiger partial charge in [0, 0.05) is 22.3 Å². The van der Waals surface area contributed by atoms with E-state index in [0.29, 0.717) is 26.6 Å². The second kappa shape index (κ2) is 12.7. The van der Waals surface area contributed by atoms with Crippen LogP contribution in [0.5, 0.6) is 11.5 Å². The van der Waals surface area contributed by atoms with Crippen LogP contribution in [0.25, 0.3) is 0 Å². The van der Waals surface area contributed by atoms with Crippen LogP contribution < -0.4 is 15.4 Å². The fourth-order valence-corrected chi connectivity index (χ4v) is 3.62. The predicted octanol–water partition coefficient (Wildman–Crippen LogP) is 7.09. The van der Waals surface area contributed by atoms with Crippen LogP contribution in [0.4, 0.5) is 11.4 Å². The maximum atomic E-state index is 12.2. The van der Waals surface area contributed by atoms with Crippen molar-refractivity contribution in [3.8, 4) is 11.5 Å². The van der Waals surface area contributed by atoms with E-state index in [1.54, 1.807) is 42.5 Å². The van der Waals surface area contributed by atoms with Crippen LogP contribution in [0.15, 0.2) is 71.2 Å². The van der Waals surface area contributed by atoms with Crippen molar-refractivity contribution in [2.24, 2.45) is 0 Å². The van der Waals surface area contributed by atoms with Crippen molar-refractivity contribution in [1.82, 2.24) is 0 Å². The van der Waals surface area contributed by atoms with E-state index in [9.17, 15) is 14.4 Å². The Morgan fingerprint density at radius 1 is 0.811 bits per heavy atom. The number of halogens is 2. The number of nitrogens with one attached hydrogen (secondary N) is 2. The summed E-state index contributed by atoms with van der Waals surface area (Å²) in [5.41, 5.74) is 2.33. The van der Waals surface area contributed by atoms with E-state index < -0.39 is 18.5 Å². The van der Waals surface area contributed by atoms with Crippen LogP contribution in [-0.4, -0.2) is 24.4 Å². The standard InChI is InChI=1S/C28H28BrClN2O5/c1-28(2,3)18-4-9-21(10-5-18)37-22-11-6-19(7-12-22)31-25(33)14-15-27(35)36-17-26(34)32-20-8-13-23(29)24(30)16-20/h4-13,16H,14-15,17H2,1-3H3,(H,31,33)(H,32,34). The average Bonchev–Trinajstić information content (AvgIpc) is 2.85. The van der Waals surface area contributed by atoms with Gasteiger partial charge in [-0.2, -0.15) is 0 Å². The molecule has 0 bridgehead atoms. The number of ether oxygens (including phenoxy) is 2. The van der Waals surface area contributed by atoms with Gasteiger partial charge in [0.25, 0.3) is 5.91 Å². The molecule has 0 saturated heterocycles. The van der Waals surface area contributed by atoms with E-state index in [4.69, 9.17) is 21.1 Å². The van der Waals surface area contributed by atoms with Gasteiger partial charge in [-0.25, -0.2) is 0 Å². The Morgan fingerprint density at radius 2 is 1.38 bits per heavy atom. The van der Waals surface area contributed by atoms with Gasteiger partial charge in [-0.05, 0) is 81.5 Å². The molecule has 2 N–H and O–H groups in total. The minimum atomic E-state index is -0.652. The van der Waals surface area contributed by atoms with Gasteiger partial charge in [0.05, 0.1) is 11.4 Å². The molecule has 0 aliphatic rings. The first kappa shape index (κ1) is 28.2. The van der Waals surface area contributed by atoms with Crippen molar-refractivity contribution in [1.29, 1.82) is 0 Å². The molecule has 0 fully saturated rings. The van der Waals surface area contributed by atoms with Gasteiger partial charge in [0.1, 0.15) is 11.5 Å². The van der Waals surface area contributed by atoms with E-state index in [2.05, 4.69) is 47.3 Å². The third kappa shape index (κ3) is 9.22. The van der Waals surface area contributed by atoms with E-state index in [0.717, 1.165) is 5.75 Å². The highest BCUT2D eigenvalue weighted by atomic mass is 79.9. The normalized spacial score (nSPS) is 10.9. The molecule has 3 aromatic carbocycles. The lowest BCUT2D eigenvalue weighted by Crippen LogP contribution is -2.21. The summed E-state index contributed by atoms with van der Waals surface area (Å²) in [7, 11) is 0. The van der Waals surface area contributed by atoms with E-state index in [-0.39, 0.29) is 24.2 Å². The lowest BCUT2D eigenvalue weighted by atomic mass is 9.87. The zero-order valence-electron chi connectivity index (χ0n) is 20.8. The Balaban J connectivity index is 1.38. The molecule has 0 aliphatic heterocycles.